The summed E-state index contributed by atoms with van der Waals surface area (Å²) in [6.45, 7) is 5.15. The fourth-order valence-corrected chi connectivity index (χ4v) is 0.934. The molecule has 1 N–H and O–H groups in total. The number of halogens is 2. The van der Waals surface area contributed by atoms with Crippen molar-refractivity contribution >= 4 is 5.91 Å². The lowest BCUT2D eigenvalue weighted by Gasteiger charge is -2.19. The summed E-state index contributed by atoms with van der Waals surface area (Å²) in [5.74, 6) is -3.06. The summed E-state index contributed by atoms with van der Waals surface area (Å²) in [5.41, 5.74) is 1.08. The Morgan fingerprint density at radius 1 is 1.31 bits per heavy atom. The van der Waals surface area contributed by atoms with E-state index in [1.165, 1.54) is 12.1 Å². The van der Waals surface area contributed by atoms with E-state index in [9.17, 15) is 13.6 Å². The van der Waals surface area contributed by atoms with Gasteiger partial charge in [0.2, 0.25) is 0 Å². The second-order valence-corrected chi connectivity index (χ2v) is 4.25. The maximum atomic E-state index is 13.2. The monoisotopic (exact) mass is 229 g/mol. The summed E-state index contributed by atoms with van der Waals surface area (Å²) in [6.07, 6.45) is 0. The number of amides is 1. The van der Waals surface area contributed by atoms with Crippen molar-refractivity contribution in [3.8, 4) is 0 Å². The number of carbonyl (C=O) groups is 1. The number of benzene rings is 1. The Labute approximate surface area is 92.4 Å². The minimum absolute atomic E-state index is 0.385. The van der Waals surface area contributed by atoms with Gasteiger partial charge >= 0.3 is 0 Å². The number of hydrogen-bond donors (Lipinski definition) is 1. The van der Waals surface area contributed by atoms with Crippen LogP contribution in [0.4, 0.5) is 8.78 Å². The minimum atomic E-state index is -1.18. The lowest BCUT2D eigenvalue weighted by Crippen LogP contribution is -2.34. The zero-order valence-electron chi connectivity index (χ0n) is 9.30. The van der Waals surface area contributed by atoms with Crippen molar-refractivity contribution in [2.45, 2.75) is 26.4 Å². The lowest BCUT2D eigenvalue weighted by atomic mass is 10.2. The number of hydrogen-bond acceptors (Lipinski definition) is 2. The highest BCUT2D eigenvalue weighted by atomic mass is 19.2. The SMILES string of the molecule is CC(C)(C)ONC(=O)c1cccc(F)c1F. The first kappa shape index (κ1) is 12.6. The molecule has 1 rings (SSSR count). The van der Waals surface area contributed by atoms with E-state index in [0.717, 1.165) is 6.07 Å². The van der Waals surface area contributed by atoms with Gasteiger partial charge in [-0.15, -0.1) is 0 Å². The Kier molecular flexibility index (Phi) is 3.59. The van der Waals surface area contributed by atoms with Gasteiger partial charge in [0.15, 0.2) is 11.6 Å². The third-order valence-electron chi connectivity index (χ3n) is 1.65. The molecule has 0 fully saturated rings. The summed E-state index contributed by atoms with van der Waals surface area (Å²) >= 11 is 0. The van der Waals surface area contributed by atoms with Crippen LogP contribution in [0, 0.1) is 11.6 Å². The maximum Gasteiger partial charge on any atom is 0.277 e. The van der Waals surface area contributed by atoms with Crippen LogP contribution >= 0.6 is 0 Å². The second-order valence-electron chi connectivity index (χ2n) is 4.25. The fraction of sp³-hybridized carbons (Fsp3) is 0.364. The van der Waals surface area contributed by atoms with Gasteiger partial charge in [0.1, 0.15) is 0 Å². The van der Waals surface area contributed by atoms with E-state index in [0.29, 0.717) is 0 Å². The molecule has 3 nitrogen and oxygen atoms in total. The first-order chi connectivity index (χ1) is 7.31. The molecule has 16 heavy (non-hydrogen) atoms. The van der Waals surface area contributed by atoms with Crippen LogP contribution in [0.5, 0.6) is 0 Å². The number of hydroxylamine groups is 1. The molecule has 0 radical (unpaired) electrons. The van der Waals surface area contributed by atoms with Crippen LogP contribution in [0.2, 0.25) is 0 Å². The van der Waals surface area contributed by atoms with Gasteiger partial charge in [-0.1, -0.05) is 6.07 Å². The maximum absolute atomic E-state index is 13.2. The molecular formula is C11H13F2NO2. The van der Waals surface area contributed by atoms with Crippen LogP contribution < -0.4 is 5.48 Å². The topological polar surface area (TPSA) is 38.3 Å². The fourth-order valence-electron chi connectivity index (χ4n) is 0.934. The van der Waals surface area contributed by atoms with Gasteiger partial charge in [0, 0.05) is 0 Å². The van der Waals surface area contributed by atoms with Crippen LogP contribution in [0.3, 0.4) is 0 Å². The molecule has 0 unspecified atom stereocenters. The number of rotatable bonds is 2. The molecule has 0 heterocycles. The van der Waals surface area contributed by atoms with Crippen molar-refractivity contribution in [1.29, 1.82) is 0 Å². The summed E-state index contributed by atoms with van der Waals surface area (Å²) in [5, 5.41) is 0. The standard InChI is InChI=1S/C11H13F2NO2/c1-11(2,3)16-14-10(15)7-5-4-6-8(12)9(7)13/h4-6H,1-3H3,(H,14,15). The lowest BCUT2D eigenvalue weighted by molar-refractivity contribution is -0.0591. The van der Waals surface area contributed by atoms with Crippen LogP contribution in [-0.2, 0) is 4.84 Å². The Morgan fingerprint density at radius 3 is 2.50 bits per heavy atom. The van der Waals surface area contributed by atoms with Gasteiger partial charge in [0.05, 0.1) is 11.2 Å². The van der Waals surface area contributed by atoms with Crippen molar-refractivity contribution in [3.05, 3.63) is 35.4 Å². The molecule has 1 aromatic rings. The molecule has 5 heteroatoms. The summed E-state index contributed by atoms with van der Waals surface area (Å²) in [7, 11) is 0. The summed E-state index contributed by atoms with van der Waals surface area (Å²) in [6, 6.07) is 3.38. The van der Waals surface area contributed by atoms with Gasteiger partial charge in [-0.05, 0) is 32.9 Å². The predicted octanol–water partition coefficient (Wildman–Crippen LogP) is 2.42. The molecule has 88 valence electrons. The van der Waals surface area contributed by atoms with Gasteiger partial charge in [-0.2, -0.15) is 0 Å². The van der Waals surface area contributed by atoms with Crippen molar-refractivity contribution < 1.29 is 18.4 Å². The molecule has 0 atom stereocenters. The van der Waals surface area contributed by atoms with Gasteiger partial charge in [-0.25, -0.2) is 14.3 Å². The third-order valence-corrected chi connectivity index (χ3v) is 1.65. The summed E-state index contributed by atoms with van der Waals surface area (Å²) < 4.78 is 26.0. The van der Waals surface area contributed by atoms with Crippen molar-refractivity contribution in [1.82, 2.24) is 5.48 Å². The predicted molar refractivity (Wildman–Crippen MR) is 54.7 cm³/mol. The Bertz CT molecular complexity index is 399. The summed E-state index contributed by atoms with van der Waals surface area (Å²) in [4.78, 5) is 16.4. The van der Waals surface area contributed by atoms with Crippen LogP contribution in [-0.4, -0.2) is 11.5 Å². The highest BCUT2D eigenvalue weighted by Gasteiger charge is 2.18. The van der Waals surface area contributed by atoms with Crippen LogP contribution in [0.25, 0.3) is 0 Å². The van der Waals surface area contributed by atoms with E-state index in [2.05, 4.69) is 5.48 Å². The molecule has 0 bridgehead atoms. The highest BCUT2D eigenvalue weighted by Crippen LogP contribution is 2.12. The van der Waals surface area contributed by atoms with Crippen LogP contribution in [0.1, 0.15) is 31.1 Å². The van der Waals surface area contributed by atoms with E-state index < -0.39 is 23.1 Å². The molecule has 0 aliphatic rings. The van der Waals surface area contributed by atoms with Crippen molar-refractivity contribution in [2.75, 3.05) is 0 Å². The largest absolute Gasteiger partial charge is 0.277 e. The Hall–Kier alpha value is -1.49. The molecular weight excluding hydrogens is 216 g/mol. The quantitative estimate of drug-likeness (QED) is 0.791. The van der Waals surface area contributed by atoms with Crippen molar-refractivity contribution in [3.63, 3.8) is 0 Å². The molecule has 0 aliphatic heterocycles. The molecule has 0 aromatic heterocycles. The third kappa shape index (κ3) is 3.27. The second kappa shape index (κ2) is 4.57. The highest BCUT2D eigenvalue weighted by molar-refractivity contribution is 5.93. The molecule has 0 saturated heterocycles. The van der Waals surface area contributed by atoms with E-state index in [1.54, 1.807) is 20.8 Å². The number of nitrogens with one attached hydrogen (secondary N) is 1. The van der Waals surface area contributed by atoms with E-state index in [4.69, 9.17) is 4.84 Å². The number of carbonyl (C=O) groups excluding carboxylic acids is 1. The average Bonchev–Trinajstić information content (AvgIpc) is 2.17. The van der Waals surface area contributed by atoms with Gasteiger partial charge in [-0.3, -0.25) is 9.63 Å². The van der Waals surface area contributed by atoms with E-state index >= 15 is 0 Å². The first-order valence-corrected chi connectivity index (χ1v) is 4.73. The minimum Gasteiger partial charge on any atom is -0.268 e. The van der Waals surface area contributed by atoms with E-state index in [1.807, 2.05) is 0 Å². The Morgan fingerprint density at radius 2 is 1.94 bits per heavy atom. The average molecular weight is 229 g/mol. The normalized spacial score (nSPS) is 11.3. The molecule has 0 saturated carbocycles. The van der Waals surface area contributed by atoms with Gasteiger partial charge < -0.3 is 0 Å². The van der Waals surface area contributed by atoms with Crippen molar-refractivity contribution in [2.24, 2.45) is 0 Å². The first-order valence-electron chi connectivity index (χ1n) is 4.73. The molecule has 1 amide bonds. The van der Waals surface area contributed by atoms with E-state index in [-0.39, 0.29) is 5.56 Å². The van der Waals surface area contributed by atoms with Gasteiger partial charge in [0.25, 0.3) is 5.91 Å². The zero-order chi connectivity index (χ0) is 12.3. The molecule has 0 aliphatic carbocycles. The molecule has 1 aromatic carbocycles. The molecule has 0 spiro atoms. The Balaban J connectivity index is 2.78. The van der Waals surface area contributed by atoms with Crippen LogP contribution in [0.15, 0.2) is 18.2 Å². The smallest absolute Gasteiger partial charge is 0.268 e. The zero-order valence-corrected chi connectivity index (χ0v) is 9.30.